The van der Waals surface area contributed by atoms with E-state index < -0.39 is 0 Å². The van der Waals surface area contributed by atoms with Crippen LogP contribution in [0.25, 0.3) is 0 Å². The molecule has 0 spiro atoms. The molecule has 1 heterocycles. The largest absolute Gasteiger partial charge is 0.339 e. The Morgan fingerprint density at radius 1 is 1.50 bits per heavy atom. The van der Waals surface area contributed by atoms with Crippen molar-refractivity contribution in [1.29, 1.82) is 0 Å². The first-order valence-electron chi connectivity index (χ1n) is 6.51. The van der Waals surface area contributed by atoms with Crippen LogP contribution in [-0.2, 0) is 11.3 Å². The molecule has 4 nitrogen and oxygen atoms in total. The number of nitrogens with two attached hydrogens (primary N) is 1. The maximum Gasteiger partial charge on any atom is 0.230 e. The Bertz CT molecular complexity index is 385. The van der Waals surface area contributed by atoms with E-state index in [4.69, 9.17) is 5.73 Å². The van der Waals surface area contributed by atoms with Crippen LogP contribution in [0.4, 0.5) is 0 Å². The van der Waals surface area contributed by atoms with E-state index in [0.29, 0.717) is 13.1 Å². The minimum absolute atomic E-state index is 0.192. The molecular weight excluding hydrogens is 246 g/mol. The number of thiazole rings is 1. The summed E-state index contributed by atoms with van der Waals surface area (Å²) >= 11 is 1.56. The minimum atomic E-state index is -0.316. The topological polar surface area (TPSA) is 59.2 Å². The van der Waals surface area contributed by atoms with E-state index in [1.165, 1.54) is 6.42 Å². The molecule has 0 aliphatic heterocycles. The number of rotatable bonds is 4. The summed E-state index contributed by atoms with van der Waals surface area (Å²) in [6, 6.07) is 0. The van der Waals surface area contributed by atoms with E-state index in [1.54, 1.807) is 21.7 Å². The summed E-state index contributed by atoms with van der Waals surface area (Å²) in [5, 5.41) is 1.99. The maximum absolute atomic E-state index is 12.6. The van der Waals surface area contributed by atoms with Gasteiger partial charge in [-0.3, -0.25) is 4.79 Å². The van der Waals surface area contributed by atoms with Crippen LogP contribution in [0.15, 0.2) is 10.9 Å². The Morgan fingerprint density at radius 3 is 2.78 bits per heavy atom. The number of amides is 1. The van der Waals surface area contributed by atoms with Crippen molar-refractivity contribution < 1.29 is 4.79 Å². The molecule has 100 valence electrons. The molecule has 1 aliphatic carbocycles. The first-order valence-corrected chi connectivity index (χ1v) is 7.45. The summed E-state index contributed by atoms with van der Waals surface area (Å²) in [5.41, 5.74) is 8.33. The molecule has 1 saturated carbocycles. The van der Waals surface area contributed by atoms with Crippen LogP contribution in [-0.4, -0.2) is 29.4 Å². The predicted octanol–water partition coefficient (Wildman–Crippen LogP) is 2.01. The molecule has 5 heteroatoms. The third-order valence-electron chi connectivity index (χ3n) is 3.88. The van der Waals surface area contributed by atoms with Gasteiger partial charge in [-0.2, -0.15) is 0 Å². The summed E-state index contributed by atoms with van der Waals surface area (Å²) in [5.74, 6) is 0.192. The van der Waals surface area contributed by atoms with Crippen molar-refractivity contribution in [3.05, 3.63) is 16.6 Å². The summed E-state index contributed by atoms with van der Waals surface area (Å²) in [6.07, 6.45) is 5.33. The second kappa shape index (κ2) is 5.80. The molecule has 2 N–H and O–H groups in total. The zero-order valence-corrected chi connectivity index (χ0v) is 11.7. The normalized spacial score (nSPS) is 18.6. The van der Waals surface area contributed by atoms with E-state index in [2.05, 4.69) is 4.98 Å². The molecule has 0 atom stereocenters. The lowest BCUT2D eigenvalue weighted by molar-refractivity contribution is -0.142. The lowest BCUT2D eigenvalue weighted by Crippen LogP contribution is -2.47. The number of hydrogen-bond acceptors (Lipinski definition) is 4. The zero-order valence-electron chi connectivity index (χ0n) is 10.9. The maximum atomic E-state index is 12.6. The zero-order chi connectivity index (χ0) is 13.0. The van der Waals surface area contributed by atoms with E-state index in [0.717, 1.165) is 31.4 Å². The van der Waals surface area contributed by atoms with Gasteiger partial charge >= 0.3 is 0 Å². The SMILES string of the molecule is CN(Cc1cscn1)C(=O)C1(CN)CCCCC1. The van der Waals surface area contributed by atoms with E-state index >= 15 is 0 Å². The molecule has 0 unspecified atom stereocenters. The molecule has 1 aliphatic rings. The highest BCUT2D eigenvalue weighted by atomic mass is 32.1. The molecule has 0 saturated heterocycles. The van der Waals surface area contributed by atoms with Crippen LogP contribution >= 0.6 is 11.3 Å². The van der Waals surface area contributed by atoms with Gasteiger partial charge in [0.15, 0.2) is 0 Å². The van der Waals surface area contributed by atoms with Gasteiger partial charge in [0.25, 0.3) is 0 Å². The highest BCUT2D eigenvalue weighted by Crippen LogP contribution is 2.37. The Labute approximate surface area is 112 Å². The van der Waals surface area contributed by atoms with Crippen molar-refractivity contribution in [1.82, 2.24) is 9.88 Å². The monoisotopic (exact) mass is 267 g/mol. The van der Waals surface area contributed by atoms with Crippen molar-refractivity contribution in [2.45, 2.75) is 38.6 Å². The van der Waals surface area contributed by atoms with Crippen LogP contribution < -0.4 is 5.73 Å². The Kier molecular flexibility index (Phi) is 4.35. The van der Waals surface area contributed by atoms with Crippen LogP contribution in [0.5, 0.6) is 0 Å². The van der Waals surface area contributed by atoms with Gasteiger partial charge in [0.05, 0.1) is 23.2 Å². The smallest absolute Gasteiger partial charge is 0.230 e. The Balaban J connectivity index is 2.04. The van der Waals surface area contributed by atoms with E-state index in [-0.39, 0.29) is 11.3 Å². The minimum Gasteiger partial charge on any atom is -0.339 e. The third-order valence-corrected chi connectivity index (χ3v) is 4.52. The summed E-state index contributed by atoms with van der Waals surface area (Å²) in [6.45, 7) is 1.05. The lowest BCUT2D eigenvalue weighted by atomic mass is 9.73. The molecule has 1 aromatic rings. The third kappa shape index (κ3) is 2.72. The second-order valence-corrected chi connectivity index (χ2v) is 5.90. The highest BCUT2D eigenvalue weighted by molar-refractivity contribution is 7.07. The average molecular weight is 267 g/mol. The van der Waals surface area contributed by atoms with Gasteiger partial charge in [-0.15, -0.1) is 11.3 Å². The number of aromatic nitrogens is 1. The standard InChI is InChI=1S/C13H21N3OS/c1-16(7-11-8-18-10-15-11)12(17)13(9-14)5-3-2-4-6-13/h8,10H,2-7,9,14H2,1H3. The number of carbonyl (C=O) groups is 1. The van der Waals surface area contributed by atoms with Crippen LogP contribution in [0, 0.1) is 5.41 Å². The highest BCUT2D eigenvalue weighted by Gasteiger charge is 2.39. The predicted molar refractivity (Wildman–Crippen MR) is 73.2 cm³/mol. The van der Waals surface area contributed by atoms with E-state index in [9.17, 15) is 4.79 Å². The Morgan fingerprint density at radius 2 is 2.22 bits per heavy atom. The van der Waals surface area contributed by atoms with Gasteiger partial charge < -0.3 is 10.6 Å². The van der Waals surface area contributed by atoms with Crippen molar-refractivity contribution in [2.24, 2.45) is 11.1 Å². The van der Waals surface area contributed by atoms with Gasteiger partial charge in [0.2, 0.25) is 5.91 Å². The molecule has 0 bridgehead atoms. The van der Waals surface area contributed by atoms with Crippen molar-refractivity contribution in [2.75, 3.05) is 13.6 Å². The summed E-state index contributed by atoms with van der Waals surface area (Å²) in [4.78, 5) is 18.6. The van der Waals surface area contributed by atoms with Gasteiger partial charge in [0, 0.05) is 19.0 Å². The molecule has 1 fully saturated rings. The molecular formula is C13H21N3OS. The first-order chi connectivity index (χ1) is 8.68. The fourth-order valence-corrected chi connectivity index (χ4v) is 3.32. The lowest BCUT2D eigenvalue weighted by Gasteiger charge is -2.37. The number of hydrogen-bond donors (Lipinski definition) is 1. The molecule has 18 heavy (non-hydrogen) atoms. The van der Waals surface area contributed by atoms with Crippen molar-refractivity contribution >= 4 is 17.2 Å². The summed E-state index contributed by atoms with van der Waals surface area (Å²) in [7, 11) is 1.85. The molecule has 0 radical (unpaired) electrons. The van der Waals surface area contributed by atoms with Crippen molar-refractivity contribution in [3.8, 4) is 0 Å². The van der Waals surface area contributed by atoms with Gasteiger partial charge in [-0.05, 0) is 12.8 Å². The summed E-state index contributed by atoms with van der Waals surface area (Å²) < 4.78 is 0. The number of nitrogens with zero attached hydrogens (tertiary/aromatic N) is 2. The first kappa shape index (κ1) is 13.5. The molecule has 1 aromatic heterocycles. The fraction of sp³-hybridized carbons (Fsp3) is 0.692. The van der Waals surface area contributed by atoms with Crippen molar-refractivity contribution in [3.63, 3.8) is 0 Å². The molecule has 1 amide bonds. The van der Waals surface area contributed by atoms with Crippen LogP contribution in [0.1, 0.15) is 37.8 Å². The molecule has 2 rings (SSSR count). The fourth-order valence-electron chi connectivity index (χ4n) is 2.77. The average Bonchev–Trinajstić information content (AvgIpc) is 2.91. The van der Waals surface area contributed by atoms with Crippen LogP contribution in [0.2, 0.25) is 0 Å². The van der Waals surface area contributed by atoms with Gasteiger partial charge in [-0.25, -0.2) is 4.98 Å². The van der Waals surface area contributed by atoms with Crippen LogP contribution in [0.3, 0.4) is 0 Å². The van der Waals surface area contributed by atoms with Gasteiger partial charge in [0.1, 0.15) is 0 Å². The Hall–Kier alpha value is -0.940. The van der Waals surface area contributed by atoms with E-state index in [1.807, 2.05) is 12.4 Å². The van der Waals surface area contributed by atoms with Gasteiger partial charge in [-0.1, -0.05) is 19.3 Å². The number of carbonyl (C=O) groups excluding carboxylic acids is 1. The second-order valence-electron chi connectivity index (χ2n) is 5.19. The molecule has 0 aromatic carbocycles. The quantitative estimate of drug-likeness (QED) is 0.908.